The van der Waals surface area contributed by atoms with Gasteiger partial charge in [-0.15, -0.1) is 0 Å². The molecular formula is C15H24N2O. The number of likely N-dealkylation sites (tertiary alicyclic amines) is 1. The largest absolute Gasteiger partial charge is 0.463 e. The maximum atomic E-state index is 5.89. The van der Waals surface area contributed by atoms with E-state index in [1.54, 1.807) is 0 Å². The van der Waals surface area contributed by atoms with Crippen molar-refractivity contribution in [2.45, 2.75) is 52.2 Å². The fraction of sp³-hybridized carbons (Fsp3) is 0.733. The van der Waals surface area contributed by atoms with E-state index in [1.807, 2.05) is 0 Å². The summed E-state index contributed by atoms with van der Waals surface area (Å²) in [4.78, 5) is 2.50. The zero-order chi connectivity index (χ0) is 12.6. The summed E-state index contributed by atoms with van der Waals surface area (Å²) in [7, 11) is 0. The van der Waals surface area contributed by atoms with Crippen molar-refractivity contribution in [3.8, 4) is 0 Å². The summed E-state index contributed by atoms with van der Waals surface area (Å²) in [6.45, 7) is 8.93. The van der Waals surface area contributed by atoms with Gasteiger partial charge in [-0.1, -0.05) is 13.8 Å². The third kappa shape index (κ3) is 3.15. The maximum absolute atomic E-state index is 5.89. The molecule has 0 atom stereocenters. The van der Waals surface area contributed by atoms with Gasteiger partial charge in [-0.2, -0.15) is 0 Å². The number of rotatable bonds is 5. The van der Waals surface area contributed by atoms with Crippen molar-refractivity contribution in [2.75, 3.05) is 13.1 Å². The van der Waals surface area contributed by atoms with Crippen molar-refractivity contribution in [3.63, 3.8) is 0 Å². The van der Waals surface area contributed by atoms with Gasteiger partial charge in [0.15, 0.2) is 0 Å². The molecule has 2 aliphatic rings. The molecule has 1 saturated carbocycles. The number of hydrogen-bond acceptors (Lipinski definition) is 3. The van der Waals surface area contributed by atoms with Crippen LogP contribution in [0.1, 0.15) is 44.6 Å². The van der Waals surface area contributed by atoms with E-state index in [9.17, 15) is 0 Å². The molecule has 3 heteroatoms. The van der Waals surface area contributed by atoms with Crippen molar-refractivity contribution in [1.29, 1.82) is 0 Å². The van der Waals surface area contributed by atoms with E-state index >= 15 is 0 Å². The SMILES string of the molecule is CC1(C)CCN(Cc2ccc(CNC3CC3)o2)C1. The molecular weight excluding hydrogens is 224 g/mol. The molecule has 1 N–H and O–H groups in total. The van der Waals surface area contributed by atoms with Crippen LogP contribution in [0.15, 0.2) is 16.5 Å². The molecule has 100 valence electrons. The first-order valence-corrected chi connectivity index (χ1v) is 7.14. The Morgan fingerprint density at radius 2 is 2.11 bits per heavy atom. The molecule has 0 radical (unpaired) electrons. The van der Waals surface area contributed by atoms with E-state index in [0.717, 1.165) is 30.7 Å². The lowest BCUT2D eigenvalue weighted by Gasteiger charge is -2.18. The third-order valence-electron chi connectivity index (χ3n) is 4.00. The standard InChI is InChI=1S/C15H24N2O/c1-15(2)7-8-17(11-15)10-14-6-5-13(18-14)9-16-12-3-4-12/h5-6,12,16H,3-4,7-11H2,1-2H3. The Morgan fingerprint density at radius 3 is 2.78 bits per heavy atom. The summed E-state index contributed by atoms with van der Waals surface area (Å²) >= 11 is 0. The van der Waals surface area contributed by atoms with Gasteiger partial charge in [-0.25, -0.2) is 0 Å². The lowest BCUT2D eigenvalue weighted by atomic mass is 9.93. The highest BCUT2D eigenvalue weighted by Crippen LogP contribution is 2.30. The van der Waals surface area contributed by atoms with Gasteiger partial charge in [0.1, 0.15) is 11.5 Å². The van der Waals surface area contributed by atoms with Crippen molar-refractivity contribution in [2.24, 2.45) is 5.41 Å². The predicted octanol–water partition coefficient (Wildman–Crippen LogP) is 2.76. The highest BCUT2D eigenvalue weighted by atomic mass is 16.3. The minimum Gasteiger partial charge on any atom is -0.463 e. The van der Waals surface area contributed by atoms with Gasteiger partial charge in [0.05, 0.1) is 13.1 Å². The van der Waals surface area contributed by atoms with E-state index in [2.05, 4.69) is 36.2 Å². The minimum atomic E-state index is 0.475. The van der Waals surface area contributed by atoms with Crippen LogP contribution in [-0.4, -0.2) is 24.0 Å². The summed E-state index contributed by atoms with van der Waals surface area (Å²) in [6, 6.07) is 5.00. The molecule has 2 fully saturated rings. The first-order chi connectivity index (χ1) is 8.61. The van der Waals surface area contributed by atoms with Crippen molar-refractivity contribution >= 4 is 0 Å². The van der Waals surface area contributed by atoms with E-state index in [4.69, 9.17) is 4.42 Å². The second kappa shape index (κ2) is 4.71. The zero-order valence-electron chi connectivity index (χ0n) is 11.5. The van der Waals surface area contributed by atoms with Gasteiger partial charge < -0.3 is 9.73 Å². The average molecular weight is 248 g/mol. The molecule has 1 aromatic rings. The molecule has 3 nitrogen and oxygen atoms in total. The van der Waals surface area contributed by atoms with Gasteiger partial charge >= 0.3 is 0 Å². The van der Waals surface area contributed by atoms with Crippen LogP contribution in [0.3, 0.4) is 0 Å². The van der Waals surface area contributed by atoms with Crippen LogP contribution < -0.4 is 5.32 Å². The average Bonchev–Trinajstić information content (AvgIpc) is 2.94. The molecule has 0 amide bonds. The highest BCUT2D eigenvalue weighted by molar-refractivity contribution is 5.08. The van der Waals surface area contributed by atoms with Crippen LogP contribution in [0.4, 0.5) is 0 Å². The summed E-state index contributed by atoms with van der Waals surface area (Å²) < 4.78 is 5.89. The number of nitrogens with zero attached hydrogens (tertiary/aromatic N) is 1. The van der Waals surface area contributed by atoms with E-state index in [0.29, 0.717) is 5.41 Å². The smallest absolute Gasteiger partial charge is 0.118 e. The molecule has 2 heterocycles. The second-order valence-electron chi connectivity index (χ2n) is 6.65. The highest BCUT2D eigenvalue weighted by Gasteiger charge is 2.29. The molecule has 0 bridgehead atoms. The first-order valence-electron chi connectivity index (χ1n) is 7.14. The predicted molar refractivity (Wildman–Crippen MR) is 72.2 cm³/mol. The number of furan rings is 1. The second-order valence-corrected chi connectivity index (χ2v) is 6.65. The quantitative estimate of drug-likeness (QED) is 0.868. The summed E-state index contributed by atoms with van der Waals surface area (Å²) in [5.41, 5.74) is 0.475. The normalized spacial score (nSPS) is 23.7. The minimum absolute atomic E-state index is 0.475. The number of hydrogen-bond donors (Lipinski definition) is 1. The monoisotopic (exact) mass is 248 g/mol. The van der Waals surface area contributed by atoms with Crippen LogP contribution in [0.2, 0.25) is 0 Å². The Labute approximate surface area is 110 Å². The van der Waals surface area contributed by atoms with Crippen molar-refractivity contribution < 1.29 is 4.42 Å². The number of nitrogens with one attached hydrogen (secondary N) is 1. The van der Waals surface area contributed by atoms with Crippen LogP contribution in [0.25, 0.3) is 0 Å². The van der Waals surface area contributed by atoms with Gasteiger partial charge in [0, 0.05) is 12.6 Å². The van der Waals surface area contributed by atoms with Gasteiger partial charge in [0.25, 0.3) is 0 Å². The van der Waals surface area contributed by atoms with Crippen LogP contribution in [-0.2, 0) is 13.1 Å². The van der Waals surface area contributed by atoms with E-state index < -0.39 is 0 Å². The van der Waals surface area contributed by atoms with Gasteiger partial charge in [0.2, 0.25) is 0 Å². The van der Waals surface area contributed by atoms with E-state index in [-0.39, 0.29) is 0 Å². The summed E-state index contributed by atoms with van der Waals surface area (Å²) in [6.07, 6.45) is 3.96. The molecule has 1 aliphatic carbocycles. The molecule has 18 heavy (non-hydrogen) atoms. The maximum Gasteiger partial charge on any atom is 0.118 e. The Hall–Kier alpha value is -0.800. The van der Waals surface area contributed by atoms with Gasteiger partial charge in [-0.3, -0.25) is 4.90 Å². The van der Waals surface area contributed by atoms with Crippen LogP contribution >= 0.6 is 0 Å². The fourth-order valence-electron chi connectivity index (χ4n) is 2.71. The Bertz CT molecular complexity index is 406. The van der Waals surface area contributed by atoms with Gasteiger partial charge in [-0.05, 0) is 43.4 Å². The van der Waals surface area contributed by atoms with Crippen molar-refractivity contribution in [3.05, 3.63) is 23.7 Å². The molecule has 1 aromatic heterocycles. The Balaban J connectivity index is 1.50. The Kier molecular flexibility index (Phi) is 3.20. The fourth-order valence-corrected chi connectivity index (χ4v) is 2.71. The topological polar surface area (TPSA) is 28.4 Å². The lowest BCUT2D eigenvalue weighted by molar-refractivity contribution is 0.260. The summed E-state index contributed by atoms with van der Waals surface area (Å²) in [5.74, 6) is 2.19. The molecule has 1 saturated heterocycles. The Morgan fingerprint density at radius 1 is 1.33 bits per heavy atom. The third-order valence-corrected chi connectivity index (χ3v) is 4.00. The molecule has 0 aromatic carbocycles. The van der Waals surface area contributed by atoms with Crippen LogP contribution in [0, 0.1) is 5.41 Å². The summed E-state index contributed by atoms with van der Waals surface area (Å²) in [5, 5.41) is 3.49. The lowest BCUT2D eigenvalue weighted by Crippen LogP contribution is -2.22. The molecule has 0 spiro atoms. The first kappa shape index (κ1) is 12.2. The van der Waals surface area contributed by atoms with Crippen LogP contribution in [0.5, 0.6) is 0 Å². The van der Waals surface area contributed by atoms with Crippen molar-refractivity contribution in [1.82, 2.24) is 10.2 Å². The van der Waals surface area contributed by atoms with E-state index in [1.165, 1.54) is 32.4 Å². The molecule has 3 rings (SSSR count). The molecule has 0 unspecified atom stereocenters. The molecule has 1 aliphatic heterocycles. The zero-order valence-corrected chi connectivity index (χ0v) is 11.5.